The third kappa shape index (κ3) is 3.36. The second kappa shape index (κ2) is 7.45. The number of anilines is 1. The molecule has 6 nitrogen and oxygen atoms in total. The van der Waals surface area contributed by atoms with Crippen LogP contribution in [0, 0.1) is 6.92 Å². The van der Waals surface area contributed by atoms with E-state index in [1.54, 1.807) is 24.3 Å². The Morgan fingerprint density at radius 3 is 2.80 bits per heavy atom. The molecule has 1 aliphatic heterocycles. The smallest absolute Gasteiger partial charge is 0.258 e. The maximum Gasteiger partial charge on any atom is 0.258 e. The lowest BCUT2D eigenvalue weighted by molar-refractivity contribution is 0.102. The van der Waals surface area contributed by atoms with E-state index in [1.807, 2.05) is 17.7 Å². The summed E-state index contributed by atoms with van der Waals surface area (Å²) in [7, 11) is 0. The molecular formula is C22H19Cl2N5O. The predicted octanol–water partition coefficient (Wildman–Crippen LogP) is 5.09. The summed E-state index contributed by atoms with van der Waals surface area (Å²) in [4.78, 5) is 17.3. The van der Waals surface area contributed by atoms with Crippen LogP contribution in [0.2, 0.25) is 10.0 Å². The average Bonchev–Trinajstić information content (AvgIpc) is 3.38. The summed E-state index contributed by atoms with van der Waals surface area (Å²) in [6.07, 6.45) is 5.77. The highest BCUT2D eigenvalue weighted by atomic mass is 35.5. The van der Waals surface area contributed by atoms with Gasteiger partial charge in [0.25, 0.3) is 5.91 Å². The molecule has 1 aromatic carbocycles. The molecular weight excluding hydrogens is 421 g/mol. The summed E-state index contributed by atoms with van der Waals surface area (Å²) in [5.41, 5.74) is 4.97. The summed E-state index contributed by atoms with van der Waals surface area (Å²) in [6, 6.07) is 9.07. The first-order chi connectivity index (χ1) is 14.5. The highest BCUT2D eigenvalue weighted by Gasteiger charge is 2.20. The van der Waals surface area contributed by atoms with E-state index in [9.17, 15) is 4.79 Å². The molecule has 1 N–H and O–H groups in total. The number of carbonyl (C=O) groups excluding carboxylic acids is 1. The number of nitrogens with zero attached hydrogens (tertiary/aromatic N) is 4. The highest BCUT2D eigenvalue weighted by Crippen LogP contribution is 2.31. The second-order valence-electron chi connectivity index (χ2n) is 7.54. The van der Waals surface area contributed by atoms with Crippen molar-refractivity contribution in [2.24, 2.45) is 0 Å². The molecule has 1 aliphatic rings. The van der Waals surface area contributed by atoms with Crippen LogP contribution in [0.5, 0.6) is 0 Å². The van der Waals surface area contributed by atoms with Crippen molar-refractivity contribution in [2.45, 2.75) is 32.9 Å². The second-order valence-corrected chi connectivity index (χ2v) is 8.35. The zero-order valence-electron chi connectivity index (χ0n) is 16.3. The first kappa shape index (κ1) is 19.2. The molecule has 0 saturated heterocycles. The molecule has 152 valence electrons. The lowest BCUT2D eigenvalue weighted by Gasteiger charge is -2.09. The number of carbonyl (C=O) groups is 1. The lowest BCUT2D eigenvalue weighted by atomic mass is 10.1. The third-order valence-electron chi connectivity index (χ3n) is 5.41. The Morgan fingerprint density at radius 1 is 1.23 bits per heavy atom. The maximum absolute atomic E-state index is 12.8. The van der Waals surface area contributed by atoms with Gasteiger partial charge in [-0.25, -0.2) is 4.98 Å². The van der Waals surface area contributed by atoms with E-state index in [0.29, 0.717) is 27.8 Å². The number of amides is 1. The fourth-order valence-electron chi connectivity index (χ4n) is 3.99. The zero-order valence-corrected chi connectivity index (χ0v) is 17.8. The normalized spacial score (nSPS) is 13.0. The highest BCUT2D eigenvalue weighted by molar-refractivity contribution is 6.39. The van der Waals surface area contributed by atoms with Gasteiger partial charge >= 0.3 is 0 Å². The van der Waals surface area contributed by atoms with Crippen LogP contribution < -0.4 is 5.32 Å². The molecule has 0 aliphatic carbocycles. The van der Waals surface area contributed by atoms with Crippen LogP contribution in [-0.2, 0) is 19.5 Å². The van der Waals surface area contributed by atoms with Crippen LogP contribution in [0.25, 0.3) is 11.0 Å². The minimum atomic E-state index is -0.311. The molecule has 0 fully saturated rings. The number of halogens is 2. The lowest BCUT2D eigenvalue weighted by Crippen LogP contribution is -2.13. The van der Waals surface area contributed by atoms with Crippen molar-refractivity contribution in [3.63, 3.8) is 0 Å². The number of hydrogen-bond donors (Lipinski definition) is 1. The number of benzene rings is 1. The topological polar surface area (TPSA) is 64.7 Å². The number of pyridine rings is 1. The Bertz CT molecular complexity index is 1250. The molecule has 5 rings (SSSR count). The van der Waals surface area contributed by atoms with Crippen LogP contribution in [0.1, 0.15) is 33.7 Å². The molecule has 4 aromatic rings. The van der Waals surface area contributed by atoms with Gasteiger partial charge < -0.3 is 9.88 Å². The first-order valence-corrected chi connectivity index (χ1v) is 10.5. The summed E-state index contributed by atoms with van der Waals surface area (Å²) < 4.78 is 4.11. The van der Waals surface area contributed by atoms with Crippen molar-refractivity contribution in [3.05, 3.63) is 75.3 Å². The van der Waals surface area contributed by atoms with E-state index in [-0.39, 0.29) is 5.91 Å². The largest absolute Gasteiger partial charge is 0.326 e. The van der Waals surface area contributed by atoms with Gasteiger partial charge in [0, 0.05) is 40.7 Å². The Morgan fingerprint density at radius 2 is 2.03 bits per heavy atom. The van der Waals surface area contributed by atoms with E-state index in [2.05, 4.69) is 26.1 Å². The van der Waals surface area contributed by atoms with E-state index in [0.717, 1.165) is 41.7 Å². The summed E-state index contributed by atoms with van der Waals surface area (Å²) in [6.45, 7) is 3.57. The predicted molar refractivity (Wildman–Crippen MR) is 119 cm³/mol. The van der Waals surface area contributed by atoms with Crippen molar-refractivity contribution in [1.82, 2.24) is 19.3 Å². The summed E-state index contributed by atoms with van der Waals surface area (Å²) >= 11 is 12.6. The SMILES string of the molecule is Cc1cn(Cc2cc3n(n2)CCC3)c2ncc(C(=O)Nc3ccc(Cl)cc3)c(Cl)c12. The molecule has 0 radical (unpaired) electrons. The number of rotatable bonds is 4. The Kier molecular flexibility index (Phi) is 4.76. The summed E-state index contributed by atoms with van der Waals surface area (Å²) in [5.74, 6) is -0.311. The van der Waals surface area contributed by atoms with Crippen molar-refractivity contribution in [2.75, 3.05) is 5.32 Å². The van der Waals surface area contributed by atoms with E-state index in [1.165, 1.54) is 11.9 Å². The molecule has 0 bridgehead atoms. The molecule has 1 amide bonds. The van der Waals surface area contributed by atoms with Gasteiger partial charge in [-0.1, -0.05) is 23.2 Å². The number of aryl methyl sites for hydroxylation is 3. The van der Waals surface area contributed by atoms with Gasteiger partial charge in [-0.15, -0.1) is 0 Å². The Labute approximate surface area is 183 Å². The number of aromatic nitrogens is 4. The van der Waals surface area contributed by atoms with Gasteiger partial charge in [0.1, 0.15) is 5.65 Å². The van der Waals surface area contributed by atoms with Crippen molar-refractivity contribution < 1.29 is 4.79 Å². The van der Waals surface area contributed by atoms with Gasteiger partial charge in [-0.2, -0.15) is 5.10 Å². The fraction of sp³-hybridized carbons (Fsp3) is 0.227. The van der Waals surface area contributed by atoms with Crippen LogP contribution in [0.4, 0.5) is 5.69 Å². The van der Waals surface area contributed by atoms with Crippen LogP contribution in [0.3, 0.4) is 0 Å². The average molecular weight is 440 g/mol. The molecule has 0 unspecified atom stereocenters. The van der Waals surface area contributed by atoms with Crippen LogP contribution in [-0.4, -0.2) is 25.2 Å². The Balaban J connectivity index is 1.46. The first-order valence-electron chi connectivity index (χ1n) is 9.76. The molecule has 0 atom stereocenters. The molecule has 0 saturated carbocycles. The summed E-state index contributed by atoms with van der Waals surface area (Å²) in [5, 5.41) is 9.31. The molecule has 8 heteroatoms. The van der Waals surface area contributed by atoms with Gasteiger partial charge in [-0.05, 0) is 55.7 Å². The molecule has 4 heterocycles. The van der Waals surface area contributed by atoms with E-state index >= 15 is 0 Å². The van der Waals surface area contributed by atoms with Crippen molar-refractivity contribution in [1.29, 1.82) is 0 Å². The molecule has 0 spiro atoms. The van der Waals surface area contributed by atoms with Crippen LogP contribution in [0.15, 0.2) is 42.7 Å². The number of hydrogen-bond acceptors (Lipinski definition) is 3. The Hall–Kier alpha value is -2.83. The van der Waals surface area contributed by atoms with Crippen molar-refractivity contribution >= 4 is 45.8 Å². The third-order valence-corrected chi connectivity index (χ3v) is 6.05. The van der Waals surface area contributed by atoms with Crippen LogP contribution >= 0.6 is 23.2 Å². The van der Waals surface area contributed by atoms with E-state index < -0.39 is 0 Å². The minimum absolute atomic E-state index is 0.311. The zero-order chi connectivity index (χ0) is 20.8. The fourth-order valence-corrected chi connectivity index (χ4v) is 4.48. The molecule has 3 aromatic heterocycles. The molecule has 30 heavy (non-hydrogen) atoms. The van der Waals surface area contributed by atoms with Gasteiger partial charge in [0.15, 0.2) is 0 Å². The quantitative estimate of drug-likeness (QED) is 0.481. The number of nitrogens with one attached hydrogen (secondary N) is 1. The maximum atomic E-state index is 12.8. The van der Waals surface area contributed by atoms with Gasteiger partial charge in [0.2, 0.25) is 0 Å². The van der Waals surface area contributed by atoms with Crippen molar-refractivity contribution in [3.8, 4) is 0 Å². The standard InChI is InChI=1S/C22H19Cl2N5O/c1-13-11-28(12-16-9-17-3-2-8-29(17)27-16)21-19(13)20(24)18(10-25-21)22(30)26-15-6-4-14(23)5-7-15/h4-7,9-11H,2-3,8,12H2,1H3,(H,26,30). The van der Waals surface area contributed by atoms with Gasteiger partial charge in [0.05, 0.1) is 22.8 Å². The monoisotopic (exact) mass is 439 g/mol. The number of fused-ring (bicyclic) bond motifs is 2. The van der Waals surface area contributed by atoms with E-state index in [4.69, 9.17) is 23.2 Å². The van der Waals surface area contributed by atoms with Gasteiger partial charge in [-0.3, -0.25) is 9.48 Å². The minimum Gasteiger partial charge on any atom is -0.326 e.